The molecular weight excluding hydrogens is 294 g/mol. The van der Waals surface area contributed by atoms with Crippen LogP contribution in [0.1, 0.15) is 31.2 Å². The first kappa shape index (κ1) is 17.4. The molecule has 0 radical (unpaired) electrons. The van der Waals surface area contributed by atoms with E-state index in [9.17, 15) is 14.9 Å². The van der Waals surface area contributed by atoms with Gasteiger partial charge in [-0.2, -0.15) is 0 Å². The van der Waals surface area contributed by atoms with Crippen molar-refractivity contribution in [3.63, 3.8) is 0 Å². The molecule has 1 aromatic rings. The zero-order chi connectivity index (χ0) is 14.6. The van der Waals surface area contributed by atoms with Crippen molar-refractivity contribution in [2.75, 3.05) is 6.54 Å². The number of non-ortho nitro benzene ring substituents is 1. The van der Waals surface area contributed by atoms with E-state index in [0.717, 1.165) is 31.2 Å². The summed E-state index contributed by atoms with van der Waals surface area (Å²) in [4.78, 5) is 22.2. The van der Waals surface area contributed by atoms with E-state index in [1.165, 1.54) is 12.1 Å². The van der Waals surface area contributed by atoms with Gasteiger partial charge in [-0.3, -0.25) is 14.9 Å². The predicted molar refractivity (Wildman–Crippen MR) is 82.4 cm³/mol. The Balaban J connectivity index is 0.00000220. The molecule has 116 valence electrons. The molecule has 0 atom stereocenters. The number of halogens is 1. The standard InChI is InChI=1S/C14H19N3O3.ClH/c15-10-14(7-1-2-8-14)16-13(18)9-11-3-5-12(6-4-11)17(19)20;/h3-6H,1-2,7-10,15H2,(H,16,18);1H. The number of hydrogen-bond acceptors (Lipinski definition) is 4. The SMILES string of the molecule is Cl.NCC1(NC(=O)Cc2ccc([N+](=O)[O-])cc2)CCCC1. The van der Waals surface area contributed by atoms with Gasteiger partial charge >= 0.3 is 0 Å². The Hall–Kier alpha value is -1.66. The van der Waals surface area contributed by atoms with Crippen LogP contribution in [-0.2, 0) is 11.2 Å². The molecule has 0 saturated heterocycles. The van der Waals surface area contributed by atoms with Gasteiger partial charge in [-0.25, -0.2) is 0 Å². The molecule has 1 aromatic carbocycles. The molecule has 1 fully saturated rings. The Morgan fingerprint density at radius 3 is 2.33 bits per heavy atom. The van der Waals surface area contributed by atoms with Crippen LogP contribution >= 0.6 is 12.4 Å². The highest BCUT2D eigenvalue weighted by molar-refractivity contribution is 5.85. The smallest absolute Gasteiger partial charge is 0.269 e. The zero-order valence-corrected chi connectivity index (χ0v) is 12.5. The van der Waals surface area contributed by atoms with E-state index in [-0.39, 0.29) is 36.0 Å². The van der Waals surface area contributed by atoms with Crippen molar-refractivity contribution in [1.29, 1.82) is 0 Å². The fourth-order valence-corrected chi connectivity index (χ4v) is 2.69. The summed E-state index contributed by atoms with van der Waals surface area (Å²) < 4.78 is 0. The van der Waals surface area contributed by atoms with E-state index in [4.69, 9.17) is 5.73 Å². The molecule has 1 amide bonds. The van der Waals surface area contributed by atoms with Crippen LogP contribution in [0.5, 0.6) is 0 Å². The second-order valence-electron chi connectivity index (χ2n) is 5.34. The lowest BCUT2D eigenvalue weighted by Crippen LogP contribution is -2.52. The first-order valence-electron chi connectivity index (χ1n) is 6.79. The number of benzene rings is 1. The third kappa shape index (κ3) is 4.41. The molecule has 2 rings (SSSR count). The van der Waals surface area contributed by atoms with Crippen molar-refractivity contribution in [2.45, 2.75) is 37.6 Å². The van der Waals surface area contributed by atoms with E-state index in [1.807, 2.05) is 0 Å². The van der Waals surface area contributed by atoms with Gasteiger partial charge in [-0.1, -0.05) is 25.0 Å². The molecular formula is C14H20ClN3O3. The molecule has 0 unspecified atom stereocenters. The van der Waals surface area contributed by atoms with Crippen LogP contribution in [0.25, 0.3) is 0 Å². The van der Waals surface area contributed by atoms with Gasteiger partial charge in [0.1, 0.15) is 0 Å². The third-order valence-corrected chi connectivity index (χ3v) is 3.87. The minimum Gasteiger partial charge on any atom is -0.349 e. The Kier molecular flexibility index (Phi) is 6.11. The summed E-state index contributed by atoms with van der Waals surface area (Å²) in [7, 11) is 0. The molecule has 6 nitrogen and oxygen atoms in total. The van der Waals surface area contributed by atoms with E-state index in [1.54, 1.807) is 12.1 Å². The maximum absolute atomic E-state index is 12.1. The second kappa shape index (κ2) is 7.38. The fraction of sp³-hybridized carbons (Fsp3) is 0.500. The molecule has 1 aliphatic carbocycles. The summed E-state index contributed by atoms with van der Waals surface area (Å²) in [5.41, 5.74) is 6.32. The maximum atomic E-state index is 12.1. The normalized spacial score (nSPS) is 16.0. The van der Waals surface area contributed by atoms with E-state index >= 15 is 0 Å². The number of nitro groups is 1. The van der Waals surface area contributed by atoms with Crippen LogP contribution < -0.4 is 11.1 Å². The molecule has 7 heteroatoms. The Labute approximate surface area is 129 Å². The number of nitrogens with two attached hydrogens (primary N) is 1. The van der Waals surface area contributed by atoms with Crippen LogP contribution in [0.3, 0.4) is 0 Å². The van der Waals surface area contributed by atoms with Gasteiger partial charge in [0.15, 0.2) is 0 Å². The van der Waals surface area contributed by atoms with Crippen molar-refractivity contribution >= 4 is 24.0 Å². The number of nitrogens with zero attached hydrogens (tertiary/aromatic N) is 1. The predicted octanol–water partition coefficient (Wildman–Crippen LogP) is 1.95. The fourth-order valence-electron chi connectivity index (χ4n) is 2.69. The molecule has 0 heterocycles. The molecule has 0 aliphatic heterocycles. The van der Waals surface area contributed by atoms with Gasteiger partial charge in [-0.05, 0) is 18.4 Å². The monoisotopic (exact) mass is 313 g/mol. The van der Waals surface area contributed by atoms with Crippen molar-refractivity contribution in [3.05, 3.63) is 39.9 Å². The van der Waals surface area contributed by atoms with Crippen LogP contribution in [0, 0.1) is 10.1 Å². The lowest BCUT2D eigenvalue weighted by Gasteiger charge is -2.28. The molecule has 21 heavy (non-hydrogen) atoms. The van der Waals surface area contributed by atoms with Crippen molar-refractivity contribution in [2.24, 2.45) is 5.73 Å². The van der Waals surface area contributed by atoms with Gasteiger partial charge < -0.3 is 11.1 Å². The summed E-state index contributed by atoms with van der Waals surface area (Å²) in [6.45, 7) is 0.457. The lowest BCUT2D eigenvalue weighted by atomic mass is 9.97. The van der Waals surface area contributed by atoms with Crippen LogP contribution in [0.4, 0.5) is 5.69 Å². The average Bonchev–Trinajstić information content (AvgIpc) is 2.88. The number of nitro benzene ring substituents is 1. The second-order valence-corrected chi connectivity index (χ2v) is 5.34. The van der Waals surface area contributed by atoms with Gasteiger partial charge in [0.05, 0.1) is 16.9 Å². The number of amides is 1. The molecule has 0 spiro atoms. The first-order chi connectivity index (χ1) is 9.54. The van der Waals surface area contributed by atoms with E-state index in [0.29, 0.717) is 6.54 Å². The molecule has 1 saturated carbocycles. The molecule has 0 aromatic heterocycles. The molecule has 0 bridgehead atoms. The number of nitrogens with one attached hydrogen (secondary N) is 1. The van der Waals surface area contributed by atoms with Crippen molar-refractivity contribution < 1.29 is 9.72 Å². The van der Waals surface area contributed by atoms with Crippen LogP contribution in [0.15, 0.2) is 24.3 Å². The largest absolute Gasteiger partial charge is 0.349 e. The van der Waals surface area contributed by atoms with Crippen molar-refractivity contribution in [1.82, 2.24) is 5.32 Å². The minimum atomic E-state index is -0.453. The lowest BCUT2D eigenvalue weighted by molar-refractivity contribution is -0.384. The highest BCUT2D eigenvalue weighted by atomic mass is 35.5. The Bertz CT molecular complexity index is 499. The number of rotatable bonds is 5. The van der Waals surface area contributed by atoms with E-state index in [2.05, 4.69) is 5.32 Å². The average molecular weight is 314 g/mol. The topological polar surface area (TPSA) is 98.3 Å². The highest BCUT2D eigenvalue weighted by Gasteiger charge is 2.33. The van der Waals surface area contributed by atoms with Gasteiger partial charge in [-0.15, -0.1) is 12.4 Å². The molecule has 1 aliphatic rings. The summed E-state index contributed by atoms with van der Waals surface area (Å²) in [6, 6.07) is 6.05. The Morgan fingerprint density at radius 2 is 1.86 bits per heavy atom. The van der Waals surface area contributed by atoms with Gasteiger partial charge in [0.25, 0.3) is 5.69 Å². The summed E-state index contributed by atoms with van der Waals surface area (Å²) in [6.07, 6.45) is 4.26. The quantitative estimate of drug-likeness (QED) is 0.641. The molecule has 3 N–H and O–H groups in total. The summed E-state index contributed by atoms with van der Waals surface area (Å²) in [5, 5.41) is 13.6. The van der Waals surface area contributed by atoms with Gasteiger partial charge in [0, 0.05) is 18.7 Å². The van der Waals surface area contributed by atoms with Crippen LogP contribution in [-0.4, -0.2) is 22.9 Å². The maximum Gasteiger partial charge on any atom is 0.269 e. The van der Waals surface area contributed by atoms with Gasteiger partial charge in [0.2, 0.25) is 5.91 Å². The summed E-state index contributed by atoms with van der Waals surface area (Å²) in [5.74, 6) is -0.0776. The number of hydrogen-bond donors (Lipinski definition) is 2. The minimum absolute atomic E-state index is 0. The summed E-state index contributed by atoms with van der Waals surface area (Å²) >= 11 is 0. The Morgan fingerprint density at radius 1 is 1.29 bits per heavy atom. The van der Waals surface area contributed by atoms with E-state index < -0.39 is 4.92 Å². The van der Waals surface area contributed by atoms with Crippen LogP contribution in [0.2, 0.25) is 0 Å². The third-order valence-electron chi connectivity index (χ3n) is 3.87. The highest BCUT2D eigenvalue weighted by Crippen LogP contribution is 2.28. The van der Waals surface area contributed by atoms with Crippen molar-refractivity contribution in [3.8, 4) is 0 Å². The zero-order valence-electron chi connectivity index (χ0n) is 11.7. The first-order valence-corrected chi connectivity index (χ1v) is 6.79. The number of carbonyl (C=O) groups is 1. The number of carbonyl (C=O) groups excluding carboxylic acids is 1.